The Morgan fingerprint density at radius 3 is 2.43 bits per heavy atom. The largest absolute Gasteiger partial charge is 0.381 e. The van der Waals surface area contributed by atoms with Crippen molar-refractivity contribution in [3.05, 3.63) is 34.9 Å². The van der Waals surface area contributed by atoms with Gasteiger partial charge in [0.2, 0.25) is 10.0 Å². The van der Waals surface area contributed by atoms with E-state index in [1.165, 1.54) is 6.26 Å². The van der Waals surface area contributed by atoms with Crippen molar-refractivity contribution < 1.29 is 17.9 Å². The lowest BCUT2D eigenvalue weighted by Gasteiger charge is -2.43. The lowest BCUT2D eigenvalue weighted by atomic mass is 9.99. The van der Waals surface area contributed by atoms with Crippen LogP contribution in [-0.2, 0) is 14.8 Å². The molecule has 2 aliphatic rings. The molecule has 1 aromatic carbocycles. The number of rotatable bonds is 7. The molecule has 2 aliphatic heterocycles. The maximum Gasteiger partial charge on any atom is 0.251 e. The summed E-state index contributed by atoms with van der Waals surface area (Å²) in [5, 5.41) is 3.06. The third kappa shape index (κ3) is 6.26. The number of piperidine rings is 1. The summed E-state index contributed by atoms with van der Waals surface area (Å²) < 4.78 is 31.3. The molecule has 0 bridgehead atoms. The average molecular weight is 438 g/mol. The number of amides is 1. The Balaban J connectivity index is 1.64. The van der Waals surface area contributed by atoms with Crippen molar-refractivity contribution in [3.63, 3.8) is 0 Å². The second kappa shape index (κ2) is 10.2. The van der Waals surface area contributed by atoms with E-state index in [1.54, 1.807) is 4.31 Å². The third-order valence-corrected chi connectivity index (χ3v) is 7.37. The fourth-order valence-corrected chi connectivity index (χ4v) is 5.58. The Labute approximate surface area is 180 Å². The van der Waals surface area contributed by atoms with Gasteiger partial charge in [-0.3, -0.25) is 9.69 Å². The van der Waals surface area contributed by atoms with Gasteiger partial charge in [0.15, 0.2) is 0 Å². The van der Waals surface area contributed by atoms with Gasteiger partial charge in [0.25, 0.3) is 5.91 Å². The maximum atomic E-state index is 12.6. The number of hydrogen-bond donors (Lipinski definition) is 1. The molecule has 1 atom stereocenters. The Morgan fingerprint density at radius 1 is 1.13 bits per heavy atom. The van der Waals surface area contributed by atoms with Gasteiger partial charge in [0.1, 0.15) is 0 Å². The summed E-state index contributed by atoms with van der Waals surface area (Å²) in [5.74, 6) is -0.0601. The van der Waals surface area contributed by atoms with E-state index in [9.17, 15) is 13.2 Å². The molecule has 3 rings (SSSR count). The molecule has 1 amide bonds. The predicted molar refractivity (Wildman–Crippen MR) is 118 cm³/mol. The van der Waals surface area contributed by atoms with Gasteiger partial charge in [-0.25, -0.2) is 12.7 Å². The lowest BCUT2D eigenvalue weighted by Crippen LogP contribution is -2.55. The van der Waals surface area contributed by atoms with Gasteiger partial charge in [-0.2, -0.15) is 0 Å². The molecule has 8 heteroatoms. The number of sulfonamides is 1. The molecule has 2 fully saturated rings. The minimum Gasteiger partial charge on any atom is -0.381 e. The van der Waals surface area contributed by atoms with Crippen LogP contribution in [0.5, 0.6) is 0 Å². The third-order valence-electron chi connectivity index (χ3n) is 6.10. The zero-order chi connectivity index (χ0) is 21.7. The molecule has 30 heavy (non-hydrogen) atoms. The van der Waals surface area contributed by atoms with E-state index in [4.69, 9.17) is 4.74 Å². The molecule has 0 aromatic heterocycles. The van der Waals surface area contributed by atoms with E-state index in [0.717, 1.165) is 50.0 Å². The number of carbonyl (C=O) groups is 1. The molecule has 1 N–H and O–H groups in total. The number of ether oxygens (including phenoxy) is 1. The molecule has 0 radical (unpaired) electrons. The number of carbonyl (C=O) groups excluding carboxylic acids is 1. The van der Waals surface area contributed by atoms with Gasteiger partial charge in [0, 0.05) is 57.0 Å². The Kier molecular flexibility index (Phi) is 7.90. The van der Waals surface area contributed by atoms with Crippen LogP contribution in [-0.4, -0.2) is 81.3 Å². The minimum absolute atomic E-state index is 0.0601. The van der Waals surface area contributed by atoms with Crippen molar-refractivity contribution >= 4 is 15.9 Å². The van der Waals surface area contributed by atoms with Crippen LogP contribution < -0.4 is 5.32 Å². The summed E-state index contributed by atoms with van der Waals surface area (Å²) in [4.78, 5) is 15.0. The number of benzene rings is 1. The maximum absolute atomic E-state index is 12.6. The predicted octanol–water partition coefficient (Wildman–Crippen LogP) is 1.94. The van der Waals surface area contributed by atoms with Crippen LogP contribution in [0.4, 0.5) is 0 Å². The van der Waals surface area contributed by atoms with Gasteiger partial charge in [-0.1, -0.05) is 17.2 Å². The summed E-state index contributed by atoms with van der Waals surface area (Å²) in [6.45, 7) is 7.83. The molecule has 1 unspecified atom stereocenters. The molecule has 0 spiro atoms. The van der Waals surface area contributed by atoms with Crippen LogP contribution in [0, 0.1) is 13.8 Å². The molecule has 1 aromatic rings. The topological polar surface area (TPSA) is 79.0 Å². The van der Waals surface area contributed by atoms with Crippen LogP contribution in [0.3, 0.4) is 0 Å². The molecular formula is C22H35N3O4S. The first-order chi connectivity index (χ1) is 14.2. The summed E-state index contributed by atoms with van der Waals surface area (Å²) in [6, 6.07) is 6.41. The lowest BCUT2D eigenvalue weighted by molar-refractivity contribution is 0.00673. The average Bonchev–Trinajstić information content (AvgIpc) is 2.70. The molecule has 0 aliphatic carbocycles. The van der Waals surface area contributed by atoms with Gasteiger partial charge in [-0.05, 0) is 51.7 Å². The minimum atomic E-state index is -3.19. The number of nitrogens with one attached hydrogen (secondary N) is 1. The van der Waals surface area contributed by atoms with Crippen molar-refractivity contribution in [3.8, 4) is 0 Å². The van der Waals surface area contributed by atoms with Crippen LogP contribution in [0.25, 0.3) is 0 Å². The molecule has 7 nitrogen and oxygen atoms in total. The normalized spacial score (nSPS) is 21.7. The van der Waals surface area contributed by atoms with Crippen LogP contribution in [0.2, 0.25) is 0 Å². The van der Waals surface area contributed by atoms with Crippen molar-refractivity contribution in [1.29, 1.82) is 0 Å². The van der Waals surface area contributed by atoms with Crippen LogP contribution in [0.1, 0.15) is 47.2 Å². The van der Waals surface area contributed by atoms with E-state index in [2.05, 4.69) is 16.3 Å². The van der Waals surface area contributed by atoms with Gasteiger partial charge >= 0.3 is 0 Å². The Hall–Kier alpha value is -1.48. The highest BCUT2D eigenvalue weighted by Gasteiger charge is 2.33. The zero-order valence-electron chi connectivity index (χ0n) is 18.4. The number of aryl methyl sites for hydroxylation is 2. The smallest absolute Gasteiger partial charge is 0.251 e. The quantitative estimate of drug-likeness (QED) is 0.705. The van der Waals surface area contributed by atoms with Crippen LogP contribution >= 0.6 is 0 Å². The fraction of sp³-hybridized carbons (Fsp3) is 0.682. The first-order valence-corrected chi connectivity index (χ1v) is 12.7. The van der Waals surface area contributed by atoms with E-state index in [-0.39, 0.29) is 11.9 Å². The van der Waals surface area contributed by atoms with Crippen molar-refractivity contribution in [1.82, 2.24) is 14.5 Å². The van der Waals surface area contributed by atoms with Gasteiger partial charge < -0.3 is 10.1 Å². The zero-order valence-corrected chi connectivity index (χ0v) is 19.2. The number of nitrogens with zero attached hydrogens (tertiary/aromatic N) is 2. The first-order valence-electron chi connectivity index (χ1n) is 10.9. The SMILES string of the molecule is Cc1cc(C)cc(C(=O)NCCN(C2CCOCC2)C2CCCN(S(C)(=O)=O)C2)c1. The Bertz CT molecular complexity index is 817. The van der Waals surface area contributed by atoms with Gasteiger partial charge in [-0.15, -0.1) is 0 Å². The summed E-state index contributed by atoms with van der Waals surface area (Å²) in [5.41, 5.74) is 2.84. The van der Waals surface area contributed by atoms with Crippen LogP contribution in [0.15, 0.2) is 18.2 Å². The van der Waals surface area contributed by atoms with E-state index in [1.807, 2.05) is 26.0 Å². The monoisotopic (exact) mass is 437 g/mol. The van der Waals surface area contributed by atoms with Crippen molar-refractivity contribution in [2.45, 2.75) is 51.6 Å². The standard InChI is InChI=1S/C22H35N3O4S/c1-17-13-18(2)15-19(14-17)22(26)23-8-10-25(20-6-11-29-12-7-20)21-5-4-9-24(16-21)30(3,27)28/h13-15,20-21H,4-12,16H2,1-3H3,(H,23,26). The molecular weight excluding hydrogens is 402 g/mol. The molecule has 2 saturated heterocycles. The summed E-state index contributed by atoms with van der Waals surface area (Å²) >= 11 is 0. The van der Waals surface area contributed by atoms with Gasteiger partial charge in [0.05, 0.1) is 6.26 Å². The Morgan fingerprint density at radius 2 is 1.80 bits per heavy atom. The fourth-order valence-electron chi connectivity index (χ4n) is 4.68. The van der Waals surface area contributed by atoms with E-state index in [0.29, 0.717) is 37.8 Å². The van der Waals surface area contributed by atoms with E-state index >= 15 is 0 Å². The highest BCUT2D eigenvalue weighted by molar-refractivity contribution is 7.88. The molecule has 0 saturated carbocycles. The summed E-state index contributed by atoms with van der Waals surface area (Å²) in [6.07, 6.45) is 5.03. The van der Waals surface area contributed by atoms with Crippen molar-refractivity contribution in [2.24, 2.45) is 0 Å². The molecule has 168 valence electrons. The molecule has 2 heterocycles. The van der Waals surface area contributed by atoms with E-state index < -0.39 is 10.0 Å². The summed E-state index contributed by atoms with van der Waals surface area (Å²) in [7, 11) is -3.19. The highest BCUT2D eigenvalue weighted by Crippen LogP contribution is 2.24. The first kappa shape index (κ1) is 23.2. The second-order valence-corrected chi connectivity index (χ2v) is 10.6. The second-order valence-electron chi connectivity index (χ2n) is 8.63. The highest BCUT2D eigenvalue weighted by atomic mass is 32.2. The number of hydrogen-bond acceptors (Lipinski definition) is 5. The van der Waals surface area contributed by atoms with Crippen molar-refractivity contribution in [2.75, 3.05) is 45.6 Å².